The second-order valence-electron chi connectivity index (χ2n) is 5.67. The molecule has 0 aromatic carbocycles. The lowest BCUT2D eigenvalue weighted by molar-refractivity contribution is 0.237. The van der Waals surface area contributed by atoms with E-state index in [1.165, 1.54) is 51.3 Å². The zero-order valence-corrected chi connectivity index (χ0v) is 12.3. The van der Waals surface area contributed by atoms with E-state index >= 15 is 0 Å². The van der Waals surface area contributed by atoms with Gasteiger partial charge in [0.05, 0.1) is 0 Å². The minimum absolute atomic E-state index is 0.0212. The van der Waals surface area contributed by atoms with Crippen molar-refractivity contribution in [3.63, 3.8) is 0 Å². The van der Waals surface area contributed by atoms with Gasteiger partial charge >= 0.3 is 0 Å². The highest BCUT2D eigenvalue weighted by atomic mass is 14.7. The summed E-state index contributed by atoms with van der Waals surface area (Å²) >= 11 is 0. The van der Waals surface area contributed by atoms with Gasteiger partial charge in [0.15, 0.2) is 0 Å². The molecular formula is C15H32BN. The fourth-order valence-corrected chi connectivity index (χ4v) is 2.53. The van der Waals surface area contributed by atoms with Gasteiger partial charge in [-0.05, 0) is 38.5 Å². The van der Waals surface area contributed by atoms with Crippen LogP contribution in [0.1, 0.15) is 65.2 Å². The van der Waals surface area contributed by atoms with Gasteiger partial charge in [-0.15, -0.1) is 6.58 Å². The zero-order chi connectivity index (χ0) is 13.1. The van der Waals surface area contributed by atoms with E-state index in [0.29, 0.717) is 5.92 Å². The van der Waals surface area contributed by atoms with Gasteiger partial charge in [0.1, 0.15) is 7.85 Å². The van der Waals surface area contributed by atoms with Crippen LogP contribution in [0.15, 0.2) is 12.7 Å². The van der Waals surface area contributed by atoms with Crippen LogP contribution in [0, 0.1) is 5.92 Å². The molecule has 0 aliphatic carbocycles. The van der Waals surface area contributed by atoms with Crippen LogP contribution in [-0.2, 0) is 0 Å². The summed E-state index contributed by atoms with van der Waals surface area (Å²) in [4.78, 5) is 0. The molecule has 0 saturated heterocycles. The highest BCUT2D eigenvalue weighted by Gasteiger charge is 2.28. The normalized spacial score (nSPS) is 16.4. The lowest BCUT2D eigenvalue weighted by Gasteiger charge is -2.34. The van der Waals surface area contributed by atoms with Crippen molar-refractivity contribution in [1.82, 2.24) is 0 Å². The number of hydrogen-bond acceptors (Lipinski definition) is 1. The van der Waals surface area contributed by atoms with E-state index in [2.05, 4.69) is 28.3 Å². The highest BCUT2D eigenvalue weighted by molar-refractivity contribution is 6.08. The number of hydrogen-bond donors (Lipinski definition) is 1. The number of allylic oxidation sites excluding steroid dienone is 1. The summed E-state index contributed by atoms with van der Waals surface area (Å²) in [5, 5.41) is 0. The maximum Gasteiger partial charge on any atom is 0.101 e. The summed E-state index contributed by atoms with van der Waals surface area (Å²) in [5.41, 5.74) is 6.57. The molecule has 0 aromatic heterocycles. The first-order valence-electron chi connectivity index (χ1n) is 7.48. The Kier molecular flexibility index (Phi) is 9.63. The minimum atomic E-state index is 0.0212. The molecule has 100 valence electrons. The summed E-state index contributed by atoms with van der Waals surface area (Å²) in [6, 6.07) is 0. The second kappa shape index (κ2) is 9.76. The Bertz CT molecular complexity index is 189. The maximum absolute atomic E-state index is 6.55. The standard InChI is InChI=1S/C15H32BN/c1-4-6-10-14(11-7-5-2)15(3,17)12-8-9-13-16/h4,14H,1,5-13,16-17H2,2-3H3. The Hall–Kier alpha value is -0.235. The van der Waals surface area contributed by atoms with E-state index in [1.807, 2.05) is 6.08 Å². The topological polar surface area (TPSA) is 26.0 Å². The average Bonchev–Trinajstić information content (AvgIpc) is 2.29. The van der Waals surface area contributed by atoms with E-state index in [9.17, 15) is 0 Å². The van der Waals surface area contributed by atoms with E-state index in [4.69, 9.17) is 5.73 Å². The molecule has 2 heteroatoms. The molecule has 2 N–H and O–H groups in total. The number of nitrogens with two attached hydrogens (primary N) is 1. The molecule has 0 fully saturated rings. The van der Waals surface area contributed by atoms with Gasteiger partial charge < -0.3 is 5.73 Å². The molecule has 1 nitrogen and oxygen atoms in total. The van der Waals surface area contributed by atoms with Crippen LogP contribution < -0.4 is 5.73 Å². The Morgan fingerprint density at radius 2 is 2.00 bits per heavy atom. The van der Waals surface area contributed by atoms with Gasteiger partial charge in [-0.3, -0.25) is 0 Å². The predicted molar refractivity (Wildman–Crippen MR) is 82.2 cm³/mol. The first-order chi connectivity index (χ1) is 8.08. The van der Waals surface area contributed by atoms with Crippen LogP contribution in [0.25, 0.3) is 0 Å². The van der Waals surface area contributed by atoms with Crippen molar-refractivity contribution in [2.75, 3.05) is 0 Å². The SMILES string of the molecule is BCCCCC(C)(N)C(CCC=C)CCCC. The molecule has 0 aromatic rings. The van der Waals surface area contributed by atoms with Crippen molar-refractivity contribution in [3.05, 3.63) is 12.7 Å². The molecule has 0 spiro atoms. The van der Waals surface area contributed by atoms with Crippen LogP contribution in [0.4, 0.5) is 0 Å². The van der Waals surface area contributed by atoms with Crippen molar-refractivity contribution < 1.29 is 0 Å². The summed E-state index contributed by atoms with van der Waals surface area (Å²) in [7, 11) is 2.25. The molecule has 2 unspecified atom stereocenters. The molecule has 2 atom stereocenters. The molecule has 0 heterocycles. The van der Waals surface area contributed by atoms with Gasteiger partial charge in [-0.1, -0.05) is 45.0 Å². The lowest BCUT2D eigenvalue weighted by Crippen LogP contribution is -2.44. The Morgan fingerprint density at radius 3 is 2.53 bits per heavy atom. The summed E-state index contributed by atoms with van der Waals surface area (Å²) < 4.78 is 0. The molecular weight excluding hydrogens is 205 g/mol. The monoisotopic (exact) mass is 237 g/mol. The van der Waals surface area contributed by atoms with Crippen LogP contribution in [0.3, 0.4) is 0 Å². The van der Waals surface area contributed by atoms with Crippen molar-refractivity contribution in [2.45, 2.75) is 77.1 Å². The molecule has 0 radical (unpaired) electrons. The van der Waals surface area contributed by atoms with Crippen LogP contribution in [0.5, 0.6) is 0 Å². The molecule has 0 aliphatic heterocycles. The largest absolute Gasteiger partial charge is 0.325 e. The molecule has 0 saturated carbocycles. The molecule has 0 aliphatic rings. The molecule has 17 heavy (non-hydrogen) atoms. The summed E-state index contributed by atoms with van der Waals surface area (Å²) in [6.07, 6.45) is 13.3. The number of rotatable bonds is 11. The number of unbranched alkanes of at least 4 members (excludes halogenated alkanes) is 2. The minimum Gasteiger partial charge on any atom is -0.325 e. The quantitative estimate of drug-likeness (QED) is 0.331. The van der Waals surface area contributed by atoms with Gasteiger partial charge in [0, 0.05) is 5.54 Å². The van der Waals surface area contributed by atoms with Crippen LogP contribution in [0.2, 0.25) is 6.32 Å². The lowest BCUT2D eigenvalue weighted by atomic mass is 9.76. The molecule has 0 rings (SSSR count). The first kappa shape index (κ1) is 16.8. The van der Waals surface area contributed by atoms with Gasteiger partial charge in [0.2, 0.25) is 0 Å². The smallest absolute Gasteiger partial charge is 0.101 e. The van der Waals surface area contributed by atoms with E-state index < -0.39 is 0 Å². The van der Waals surface area contributed by atoms with Crippen LogP contribution in [-0.4, -0.2) is 13.4 Å². The maximum atomic E-state index is 6.55. The molecule has 0 amide bonds. The van der Waals surface area contributed by atoms with Gasteiger partial charge in [-0.25, -0.2) is 0 Å². The van der Waals surface area contributed by atoms with Crippen molar-refractivity contribution in [1.29, 1.82) is 0 Å². The summed E-state index contributed by atoms with van der Waals surface area (Å²) in [5.74, 6) is 0.664. The third-order valence-corrected chi connectivity index (χ3v) is 3.88. The fourth-order valence-electron chi connectivity index (χ4n) is 2.53. The van der Waals surface area contributed by atoms with Crippen molar-refractivity contribution >= 4 is 7.85 Å². The van der Waals surface area contributed by atoms with Crippen LogP contribution >= 0.6 is 0 Å². The Morgan fingerprint density at radius 1 is 1.29 bits per heavy atom. The average molecular weight is 237 g/mol. The van der Waals surface area contributed by atoms with Crippen molar-refractivity contribution in [3.8, 4) is 0 Å². The summed E-state index contributed by atoms with van der Waals surface area (Å²) in [6.45, 7) is 8.35. The van der Waals surface area contributed by atoms with Gasteiger partial charge in [-0.2, -0.15) is 0 Å². The fraction of sp³-hybridized carbons (Fsp3) is 0.867. The van der Waals surface area contributed by atoms with Gasteiger partial charge in [0.25, 0.3) is 0 Å². The third kappa shape index (κ3) is 7.65. The highest BCUT2D eigenvalue weighted by Crippen LogP contribution is 2.29. The predicted octanol–water partition coefficient (Wildman–Crippen LogP) is 3.70. The van der Waals surface area contributed by atoms with E-state index in [1.54, 1.807) is 0 Å². The second-order valence-corrected chi connectivity index (χ2v) is 5.67. The first-order valence-corrected chi connectivity index (χ1v) is 7.48. The third-order valence-electron chi connectivity index (χ3n) is 3.88. The van der Waals surface area contributed by atoms with Crippen molar-refractivity contribution in [2.24, 2.45) is 11.7 Å². The Balaban J connectivity index is 4.23. The van der Waals surface area contributed by atoms with E-state index in [0.717, 1.165) is 6.42 Å². The molecule has 0 bridgehead atoms. The Labute approximate surface area is 110 Å². The zero-order valence-electron chi connectivity index (χ0n) is 12.3. The van der Waals surface area contributed by atoms with E-state index in [-0.39, 0.29) is 5.54 Å².